The van der Waals surface area contributed by atoms with E-state index < -0.39 is 11.6 Å². The van der Waals surface area contributed by atoms with Gasteiger partial charge in [0.1, 0.15) is 11.6 Å². The van der Waals surface area contributed by atoms with E-state index in [-0.39, 0.29) is 47.4 Å². The highest BCUT2D eigenvalue weighted by atomic mass is 127. The minimum Gasteiger partial charge on any atom is -0.355 e. The number of likely N-dealkylation sites (tertiary alicyclic amines) is 1. The molecule has 1 amide bonds. The Morgan fingerprint density at radius 3 is 2.92 bits per heavy atom. The number of carbonyl (C=O) groups is 1. The van der Waals surface area contributed by atoms with E-state index >= 15 is 0 Å². The van der Waals surface area contributed by atoms with Crippen LogP contribution in [0.5, 0.6) is 0 Å². The Hall–Kier alpha value is -1.45. The molecule has 5 nitrogen and oxygen atoms in total. The monoisotopic (exact) mass is 464 g/mol. The second-order valence-electron chi connectivity index (χ2n) is 6.62. The van der Waals surface area contributed by atoms with Gasteiger partial charge in [0, 0.05) is 50.6 Å². The van der Waals surface area contributed by atoms with Gasteiger partial charge >= 0.3 is 0 Å². The molecule has 0 aromatic heterocycles. The molecule has 2 heterocycles. The van der Waals surface area contributed by atoms with Crippen molar-refractivity contribution in [2.45, 2.75) is 25.8 Å². The van der Waals surface area contributed by atoms with Gasteiger partial charge in [0.2, 0.25) is 5.91 Å². The second-order valence-corrected chi connectivity index (χ2v) is 6.62. The average molecular weight is 464 g/mol. The van der Waals surface area contributed by atoms with E-state index in [0.29, 0.717) is 18.9 Å². The van der Waals surface area contributed by atoms with Gasteiger partial charge in [-0.05, 0) is 31.0 Å². The van der Waals surface area contributed by atoms with Crippen molar-refractivity contribution in [1.82, 2.24) is 15.5 Å². The number of benzene rings is 1. The number of nitrogens with one attached hydrogen (secondary N) is 2. The Morgan fingerprint density at radius 1 is 1.44 bits per heavy atom. The lowest BCUT2D eigenvalue weighted by Crippen LogP contribution is -2.51. The van der Waals surface area contributed by atoms with Crippen molar-refractivity contribution in [3.8, 4) is 0 Å². The molecule has 0 radical (unpaired) electrons. The Balaban J connectivity index is 0.00000225. The Bertz CT molecular complexity index is 670. The van der Waals surface area contributed by atoms with Crippen LogP contribution in [0.1, 0.15) is 24.8 Å². The first kappa shape index (κ1) is 19.9. The summed E-state index contributed by atoms with van der Waals surface area (Å²) >= 11 is 0. The number of amides is 1. The quantitative estimate of drug-likeness (QED) is 0.401. The average Bonchev–Trinajstić information content (AvgIpc) is 2.91. The number of rotatable bonds is 2. The molecule has 0 saturated carbocycles. The third-order valence-corrected chi connectivity index (χ3v) is 4.81. The van der Waals surface area contributed by atoms with Crippen molar-refractivity contribution in [3.05, 3.63) is 35.4 Å². The lowest BCUT2D eigenvalue weighted by atomic mass is 9.79. The van der Waals surface area contributed by atoms with Gasteiger partial charge in [0.05, 0.1) is 0 Å². The van der Waals surface area contributed by atoms with E-state index in [1.807, 2.05) is 0 Å². The largest absolute Gasteiger partial charge is 0.355 e. The molecule has 1 atom stereocenters. The Kier molecular flexibility index (Phi) is 6.59. The molecule has 1 unspecified atom stereocenters. The van der Waals surface area contributed by atoms with Crippen LogP contribution in [0.15, 0.2) is 23.2 Å². The first-order valence-electron chi connectivity index (χ1n) is 8.18. The predicted octanol–water partition coefficient (Wildman–Crippen LogP) is 2.26. The van der Waals surface area contributed by atoms with Crippen LogP contribution < -0.4 is 10.6 Å². The van der Waals surface area contributed by atoms with Gasteiger partial charge in [-0.2, -0.15) is 0 Å². The highest BCUT2D eigenvalue weighted by Crippen LogP contribution is 2.36. The molecular formula is C17H23F2IN4O. The minimum atomic E-state index is -0.462. The van der Waals surface area contributed by atoms with Gasteiger partial charge in [-0.3, -0.25) is 9.79 Å². The van der Waals surface area contributed by atoms with E-state index in [0.717, 1.165) is 38.1 Å². The summed E-state index contributed by atoms with van der Waals surface area (Å²) in [6.45, 7) is 2.42. The highest BCUT2D eigenvalue weighted by molar-refractivity contribution is 14.0. The maximum absolute atomic E-state index is 13.7. The molecule has 2 aliphatic heterocycles. The topological polar surface area (TPSA) is 56.7 Å². The number of piperidine rings is 1. The van der Waals surface area contributed by atoms with Gasteiger partial charge in [-0.25, -0.2) is 8.78 Å². The van der Waals surface area contributed by atoms with Crippen LogP contribution in [0.4, 0.5) is 8.78 Å². The zero-order chi connectivity index (χ0) is 17.2. The maximum atomic E-state index is 13.7. The summed E-state index contributed by atoms with van der Waals surface area (Å²) in [5.41, 5.74) is 0.220. The normalized spacial score (nSPS) is 23.4. The molecule has 0 bridgehead atoms. The lowest BCUT2D eigenvalue weighted by molar-refractivity contribution is -0.119. The molecule has 3 rings (SSSR count). The predicted molar refractivity (Wildman–Crippen MR) is 103 cm³/mol. The van der Waals surface area contributed by atoms with Crippen LogP contribution in [-0.4, -0.2) is 43.4 Å². The van der Waals surface area contributed by atoms with E-state index in [1.165, 1.54) is 6.07 Å². The van der Waals surface area contributed by atoms with Crippen molar-refractivity contribution < 1.29 is 13.6 Å². The summed E-state index contributed by atoms with van der Waals surface area (Å²) in [5, 5.41) is 6.02. The van der Waals surface area contributed by atoms with Gasteiger partial charge in [-0.1, -0.05) is 0 Å². The second kappa shape index (κ2) is 8.29. The van der Waals surface area contributed by atoms with Crippen LogP contribution in [0.25, 0.3) is 0 Å². The van der Waals surface area contributed by atoms with Gasteiger partial charge in [0.25, 0.3) is 0 Å². The molecule has 2 aliphatic rings. The zero-order valence-electron chi connectivity index (χ0n) is 14.1. The number of halogens is 3. The van der Waals surface area contributed by atoms with E-state index in [9.17, 15) is 13.6 Å². The molecular weight excluding hydrogens is 441 g/mol. The van der Waals surface area contributed by atoms with E-state index in [2.05, 4.69) is 20.5 Å². The van der Waals surface area contributed by atoms with Crippen molar-refractivity contribution in [1.29, 1.82) is 0 Å². The summed E-state index contributed by atoms with van der Waals surface area (Å²) in [4.78, 5) is 18.0. The van der Waals surface area contributed by atoms with Crippen LogP contribution in [0, 0.1) is 17.0 Å². The number of guanidine groups is 1. The molecule has 0 aliphatic carbocycles. The maximum Gasteiger partial charge on any atom is 0.220 e. The fourth-order valence-electron chi connectivity index (χ4n) is 3.61. The number of carbonyl (C=O) groups excluding carboxylic acids is 1. The molecule has 2 fully saturated rings. The number of hydrogen-bond donors (Lipinski definition) is 2. The molecule has 2 N–H and O–H groups in total. The molecule has 2 saturated heterocycles. The highest BCUT2D eigenvalue weighted by Gasteiger charge is 2.42. The summed E-state index contributed by atoms with van der Waals surface area (Å²) in [6.07, 6.45) is 2.53. The minimum absolute atomic E-state index is 0. The third kappa shape index (κ3) is 4.59. The molecule has 8 heteroatoms. The fourth-order valence-corrected chi connectivity index (χ4v) is 3.61. The smallest absolute Gasteiger partial charge is 0.220 e. The first-order valence-corrected chi connectivity index (χ1v) is 8.18. The third-order valence-electron chi connectivity index (χ3n) is 4.81. The number of hydrogen-bond acceptors (Lipinski definition) is 2. The van der Waals surface area contributed by atoms with Gasteiger partial charge < -0.3 is 15.5 Å². The van der Waals surface area contributed by atoms with Crippen molar-refractivity contribution in [2.75, 3.05) is 26.7 Å². The molecule has 1 aromatic carbocycles. The lowest BCUT2D eigenvalue weighted by Gasteiger charge is -2.40. The summed E-state index contributed by atoms with van der Waals surface area (Å²) in [7, 11) is 1.67. The Morgan fingerprint density at radius 2 is 2.24 bits per heavy atom. The van der Waals surface area contributed by atoms with Crippen LogP contribution in [0.3, 0.4) is 0 Å². The van der Waals surface area contributed by atoms with Crippen LogP contribution >= 0.6 is 24.0 Å². The van der Waals surface area contributed by atoms with E-state index in [1.54, 1.807) is 7.05 Å². The summed E-state index contributed by atoms with van der Waals surface area (Å²) in [5.74, 6) is -0.158. The van der Waals surface area contributed by atoms with Gasteiger partial charge in [-0.15, -0.1) is 24.0 Å². The van der Waals surface area contributed by atoms with Crippen LogP contribution in [-0.2, 0) is 11.3 Å². The molecule has 25 heavy (non-hydrogen) atoms. The van der Waals surface area contributed by atoms with Crippen molar-refractivity contribution in [2.24, 2.45) is 10.4 Å². The standard InChI is InChI=1S/C17H22F2N4O.HI/c1-20-16(21-9-12-7-13(18)3-4-14(12)19)23-6-2-5-17(11-23)8-15(24)22-10-17;/h3-4,7H,2,5-6,8-11H2,1H3,(H,20,21)(H,22,24);1H. The van der Waals surface area contributed by atoms with Crippen LogP contribution in [0.2, 0.25) is 0 Å². The van der Waals surface area contributed by atoms with Crippen molar-refractivity contribution in [3.63, 3.8) is 0 Å². The van der Waals surface area contributed by atoms with Crippen molar-refractivity contribution >= 4 is 35.8 Å². The van der Waals surface area contributed by atoms with E-state index in [4.69, 9.17) is 0 Å². The summed E-state index contributed by atoms with van der Waals surface area (Å²) in [6, 6.07) is 3.42. The van der Waals surface area contributed by atoms with Gasteiger partial charge in [0.15, 0.2) is 5.96 Å². The summed E-state index contributed by atoms with van der Waals surface area (Å²) < 4.78 is 27.0. The first-order chi connectivity index (χ1) is 11.5. The fraction of sp³-hybridized carbons (Fsp3) is 0.529. The Labute approximate surface area is 163 Å². The number of nitrogens with zero attached hydrogens (tertiary/aromatic N) is 2. The molecule has 1 aromatic rings. The molecule has 1 spiro atoms. The zero-order valence-corrected chi connectivity index (χ0v) is 16.5. The number of aliphatic imine (C=N–C) groups is 1. The molecule has 138 valence electrons. The SMILES string of the molecule is CN=C(NCc1cc(F)ccc1F)N1CCCC2(CNC(=O)C2)C1.I.